The maximum absolute atomic E-state index is 4.83. The van der Waals surface area contributed by atoms with Crippen molar-refractivity contribution in [1.29, 1.82) is 0 Å². The van der Waals surface area contributed by atoms with Crippen LogP contribution in [-0.2, 0) is 13.0 Å². The van der Waals surface area contributed by atoms with Gasteiger partial charge in [-0.2, -0.15) is 4.37 Å². The molecule has 0 N–H and O–H groups in total. The van der Waals surface area contributed by atoms with Crippen LogP contribution >= 0.6 is 35.3 Å². The molecule has 0 spiro atoms. The molecule has 0 saturated heterocycles. The van der Waals surface area contributed by atoms with Gasteiger partial charge in [0.1, 0.15) is 4.83 Å². The van der Waals surface area contributed by atoms with E-state index in [9.17, 15) is 0 Å². The van der Waals surface area contributed by atoms with Crippen molar-refractivity contribution in [2.45, 2.75) is 26.8 Å². The van der Waals surface area contributed by atoms with Gasteiger partial charge in [0.15, 0.2) is 5.13 Å². The zero-order valence-corrected chi connectivity index (χ0v) is 14.2. The molecule has 0 aromatic carbocycles. The minimum absolute atomic E-state index is 0. The maximum Gasteiger partial charge on any atom is 0.185 e. The first-order valence-corrected chi connectivity index (χ1v) is 8.28. The summed E-state index contributed by atoms with van der Waals surface area (Å²) < 4.78 is 4.45. The van der Waals surface area contributed by atoms with Crippen molar-refractivity contribution in [3.8, 4) is 0 Å². The molecule has 0 fully saturated rings. The Morgan fingerprint density at radius 2 is 2.14 bits per heavy atom. The smallest absolute Gasteiger partial charge is 0.185 e. The fraction of sp³-hybridized carbons (Fsp3) is 0.357. The third kappa shape index (κ3) is 2.31. The predicted octanol–water partition coefficient (Wildman–Crippen LogP) is 3.75. The molecule has 4 heterocycles. The van der Waals surface area contributed by atoms with Gasteiger partial charge in [0.2, 0.25) is 0 Å². The number of rotatable bonds is 1. The molecular formula is C14H15ClN4S2. The molecule has 1 aliphatic heterocycles. The predicted molar refractivity (Wildman–Crippen MR) is 91.0 cm³/mol. The van der Waals surface area contributed by atoms with E-state index in [1.54, 1.807) is 11.3 Å². The second-order valence-electron chi connectivity index (χ2n) is 5.10. The standard InChI is InChI=1S/C14H14N4S2.ClH/c1-8-10-7-18(14-15-4-6-19-14)5-3-11(10)16-13-12(8)9(2)17-20-13;/h4,6H,3,5,7H2,1-2H3;1H. The quantitative estimate of drug-likeness (QED) is 0.677. The highest BCUT2D eigenvalue weighted by Gasteiger charge is 2.23. The average molecular weight is 339 g/mol. The van der Waals surface area contributed by atoms with Crippen LogP contribution in [0.4, 0.5) is 5.13 Å². The number of thiazole rings is 1. The Kier molecular flexibility index (Phi) is 3.86. The van der Waals surface area contributed by atoms with Crippen LogP contribution in [0.25, 0.3) is 10.2 Å². The van der Waals surface area contributed by atoms with Crippen LogP contribution in [0.5, 0.6) is 0 Å². The first-order chi connectivity index (χ1) is 9.74. The van der Waals surface area contributed by atoms with Gasteiger partial charge >= 0.3 is 0 Å². The summed E-state index contributed by atoms with van der Waals surface area (Å²) in [5.74, 6) is 0. The number of aryl methyl sites for hydroxylation is 2. The van der Waals surface area contributed by atoms with Crippen molar-refractivity contribution >= 4 is 50.6 Å². The molecule has 0 unspecified atom stereocenters. The van der Waals surface area contributed by atoms with Crippen molar-refractivity contribution in [2.75, 3.05) is 11.4 Å². The maximum atomic E-state index is 4.83. The van der Waals surface area contributed by atoms with Crippen molar-refractivity contribution < 1.29 is 0 Å². The van der Waals surface area contributed by atoms with Gasteiger partial charge in [-0.15, -0.1) is 23.7 Å². The molecule has 0 amide bonds. The van der Waals surface area contributed by atoms with Crippen molar-refractivity contribution in [3.63, 3.8) is 0 Å². The number of nitrogens with zero attached hydrogens (tertiary/aromatic N) is 4. The number of anilines is 1. The lowest BCUT2D eigenvalue weighted by molar-refractivity contribution is 0.710. The zero-order valence-electron chi connectivity index (χ0n) is 11.8. The van der Waals surface area contributed by atoms with E-state index < -0.39 is 0 Å². The van der Waals surface area contributed by atoms with Crippen LogP contribution < -0.4 is 4.90 Å². The number of fused-ring (bicyclic) bond motifs is 2. The summed E-state index contributed by atoms with van der Waals surface area (Å²) in [6.45, 7) is 6.18. The molecule has 0 atom stereocenters. The van der Waals surface area contributed by atoms with E-state index in [1.165, 1.54) is 33.7 Å². The fourth-order valence-electron chi connectivity index (χ4n) is 2.89. The van der Waals surface area contributed by atoms with Gasteiger partial charge in [-0.3, -0.25) is 0 Å². The van der Waals surface area contributed by atoms with Gasteiger partial charge < -0.3 is 4.90 Å². The Hall–Kier alpha value is -1.24. The molecule has 110 valence electrons. The number of hydrogen-bond acceptors (Lipinski definition) is 6. The SMILES string of the molecule is Cc1nsc2nc3c(c(C)c12)CN(c1nccs1)CC3.Cl. The largest absolute Gasteiger partial charge is 0.343 e. The fourth-order valence-corrected chi connectivity index (χ4v) is 4.41. The Bertz CT molecular complexity index is 782. The van der Waals surface area contributed by atoms with Crippen molar-refractivity contribution in [2.24, 2.45) is 0 Å². The van der Waals surface area contributed by atoms with Gasteiger partial charge in [-0.1, -0.05) is 0 Å². The Morgan fingerprint density at radius 3 is 2.90 bits per heavy atom. The Labute approximate surface area is 137 Å². The van der Waals surface area contributed by atoms with Gasteiger partial charge in [0, 0.05) is 42.2 Å². The molecule has 3 aromatic heterocycles. The van der Waals surface area contributed by atoms with Crippen molar-refractivity contribution in [3.05, 3.63) is 34.1 Å². The molecule has 0 saturated carbocycles. The van der Waals surface area contributed by atoms with Gasteiger partial charge in [0.05, 0.1) is 5.69 Å². The van der Waals surface area contributed by atoms with Gasteiger partial charge in [-0.25, -0.2) is 9.97 Å². The molecular weight excluding hydrogens is 324 g/mol. The molecule has 7 heteroatoms. The van der Waals surface area contributed by atoms with E-state index >= 15 is 0 Å². The van der Waals surface area contributed by atoms with Crippen LogP contribution in [-0.4, -0.2) is 20.9 Å². The molecule has 1 aliphatic rings. The molecule has 4 nitrogen and oxygen atoms in total. The molecule has 0 bridgehead atoms. The summed E-state index contributed by atoms with van der Waals surface area (Å²) in [6, 6.07) is 0. The minimum atomic E-state index is 0. The number of hydrogen-bond donors (Lipinski definition) is 0. The minimum Gasteiger partial charge on any atom is -0.343 e. The molecule has 21 heavy (non-hydrogen) atoms. The summed E-state index contributed by atoms with van der Waals surface area (Å²) >= 11 is 3.22. The van der Waals surface area contributed by atoms with E-state index in [4.69, 9.17) is 4.98 Å². The summed E-state index contributed by atoms with van der Waals surface area (Å²) in [6.07, 6.45) is 2.86. The van der Waals surface area contributed by atoms with Crippen LogP contribution in [0.15, 0.2) is 11.6 Å². The van der Waals surface area contributed by atoms with Crippen LogP contribution in [0, 0.1) is 13.8 Å². The monoisotopic (exact) mass is 338 g/mol. The van der Waals surface area contributed by atoms with Crippen LogP contribution in [0.2, 0.25) is 0 Å². The Balaban J connectivity index is 0.00000132. The summed E-state index contributed by atoms with van der Waals surface area (Å²) in [7, 11) is 0. The number of pyridine rings is 1. The second kappa shape index (κ2) is 5.51. The first-order valence-electron chi connectivity index (χ1n) is 6.63. The second-order valence-corrected chi connectivity index (χ2v) is 6.72. The lowest BCUT2D eigenvalue weighted by Crippen LogP contribution is -2.31. The summed E-state index contributed by atoms with van der Waals surface area (Å²) in [4.78, 5) is 12.7. The van der Waals surface area contributed by atoms with Gasteiger partial charge in [-0.05, 0) is 36.5 Å². The average Bonchev–Trinajstić information content (AvgIpc) is 3.09. The van der Waals surface area contributed by atoms with E-state index in [0.717, 1.165) is 35.2 Å². The van der Waals surface area contributed by atoms with Gasteiger partial charge in [0.25, 0.3) is 0 Å². The molecule has 3 aromatic rings. The number of aromatic nitrogens is 3. The molecule has 0 aliphatic carbocycles. The normalized spacial score (nSPS) is 14.1. The van der Waals surface area contributed by atoms with E-state index in [-0.39, 0.29) is 12.4 Å². The highest BCUT2D eigenvalue weighted by atomic mass is 35.5. The highest BCUT2D eigenvalue weighted by Crippen LogP contribution is 2.32. The van der Waals surface area contributed by atoms with Crippen LogP contribution in [0.3, 0.4) is 0 Å². The number of halogens is 1. The zero-order chi connectivity index (χ0) is 13.7. The Morgan fingerprint density at radius 1 is 1.29 bits per heavy atom. The summed E-state index contributed by atoms with van der Waals surface area (Å²) in [5, 5.41) is 4.39. The molecule has 4 rings (SSSR count). The third-order valence-corrected chi connectivity index (χ3v) is 5.58. The lowest BCUT2D eigenvalue weighted by Gasteiger charge is -2.29. The van der Waals surface area contributed by atoms with E-state index in [1.807, 2.05) is 11.6 Å². The van der Waals surface area contributed by atoms with E-state index in [0.29, 0.717) is 0 Å². The topological polar surface area (TPSA) is 41.9 Å². The third-order valence-electron chi connectivity index (χ3n) is 3.91. The first kappa shape index (κ1) is 14.7. The van der Waals surface area contributed by atoms with Crippen molar-refractivity contribution in [1.82, 2.24) is 14.3 Å². The van der Waals surface area contributed by atoms with Crippen LogP contribution in [0.1, 0.15) is 22.5 Å². The summed E-state index contributed by atoms with van der Waals surface area (Å²) in [5.41, 5.74) is 5.05. The lowest BCUT2D eigenvalue weighted by atomic mass is 9.98. The molecule has 0 radical (unpaired) electrons. The van der Waals surface area contributed by atoms with E-state index in [2.05, 4.69) is 28.1 Å². The highest BCUT2D eigenvalue weighted by molar-refractivity contribution is 7.13.